The molecule has 2 aromatic rings. The lowest BCUT2D eigenvalue weighted by molar-refractivity contribution is 0.0697. The van der Waals surface area contributed by atoms with Crippen LogP contribution in [-0.4, -0.2) is 27.7 Å². The van der Waals surface area contributed by atoms with Crippen molar-refractivity contribution >= 4 is 5.97 Å². The number of hydrogen-bond acceptors (Lipinski definition) is 3. The van der Waals surface area contributed by atoms with E-state index in [1.54, 1.807) is 31.8 Å². The average Bonchev–Trinajstić information content (AvgIpc) is 2.87. The van der Waals surface area contributed by atoms with Crippen molar-refractivity contribution in [2.45, 2.75) is 19.8 Å². The predicted molar refractivity (Wildman–Crippen MR) is 71.2 cm³/mol. The summed E-state index contributed by atoms with van der Waals surface area (Å²) >= 11 is 0. The fourth-order valence-electron chi connectivity index (χ4n) is 1.95. The number of carboxylic acid groups (broad SMARTS) is 1. The van der Waals surface area contributed by atoms with E-state index in [-0.39, 0.29) is 11.5 Å². The maximum atomic E-state index is 11.1. The Morgan fingerprint density at radius 1 is 1.42 bits per heavy atom. The fourth-order valence-corrected chi connectivity index (χ4v) is 1.95. The minimum Gasteiger partial charge on any atom is -0.495 e. The minimum absolute atomic E-state index is 0.221. The van der Waals surface area contributed by atoms with Gasteiger partial charge in [-0.05, 0) is 24.1 Å². The zero-order valence-electron chi connectivity index (χ0n) is 11.1. The molecule has 0 saturated heterocycles. The van der Waals surface area contributed by atoms with Gasteiger partial charge >= 0.3 is 5.97 Å². The van der Waals surface area contributed by atoms with Crippen LogP contribution < -0.4 is 4.74 Å². The van der Waals surface area contributed by atoms with Crippen LogP contribution in [0.1, 0.15) is 35.8 Å². The van der Waals surface area contributed by atoms with Gasteiger partial charge in [0.1, 0.15) is 5.75 Å². The first kappa shape index (κ1) is 13.1. The molecule has 5 heteroatoms. The Kier molecular flexibility index (Phi) is 3.55. The van der Waals surface area contributed by atoms with Crippen molar-refractivity contribution in [2.24, 2.45) is 0 Å². The van der Waals surface area contributed by atoms with Crippen LogP contribution in [0.2, 0.25) is 0 Å². The molecule has 1 aromatic carbocycles. The highest BCUT2D eigenvalue weighted by Gasteiger charge is 2.14. The lowest BCUT2D eigenvalue weighted by Gasteiger charge is -2.14. The van der Waals surface area contributed by atoms with Crippen LogP contribution in [0.5, 0.6) is 5.75 Å². The molecule has 5 nitrogen and oxygen atoms in total. The van der Waals surface area contributed by atoms with Crippen LogP contribution >= 0.6 is 0 Å². The lowest BCUT2D eigenvalue weighted by Crippen LogP contribution is -2.05. The summed E-state index contributed by atoms with van der Waals surface area (Å²) in [7, 11) is 1.56. The second-order valence-corrected chi connectivity index (χ2v) is 4.53. The van der Waals surface area contributed by atoms with Gasteiger partial charge in [-0.1, -0.05) is 13.8 Å². The third-order valence-corrected chi connectivity index (χ3v) is 2.94. The van der Waals surface area contributed by atoms with Crippen LogP contribution in [-0.2, 0) is 0 Å². The van der Waals surface area contributed by atoms with Gasteiger partial charge < -0.3 is 9.84 Å². The number of carbonyl (C=O) groups is 1. The summed E-state index contributed by atoms with van der Waals surface area (Å²) in [5.74, 6) is -0.0688. The van der Waals surface area contributed by atoms with Crippen molar-refractivity contribution in [1.29, 1.82) is 0 Å². The van der Waals surface area contributed by atoms with Crippen molar-refractivity contribution in [2.75, 3.05) is 7.11 Å². The van der Waals surface area contributed by atoms with Crippen LogP contribution in [0.3, 0.4) is 0 Å². The standard InChI is InChI=1S/C14H16N2O3/c1-9(2)12-7-15-8-16(12)11-6-10(14(17)18)4-5-13(11)19-3/h4-9H,1-3H3,(H,17,18). The number of benzene rings is 1. The van der Waals surface area contributed by atoms with E-state index in [2.05, 4.69) is 18.8 Å². The molecule has 0 aliphatic carbocycles. The normalized spacial score (nSPS) is 10.7. The summed E-state index contributed by atoms with van der Waals surface area (Å²) in [6.07, 6.45) is 3.44. The Balaban J connectivity index is 2.62. The molecule has 1 N–H and O–H groups in total. The topological polar surface area (TPSA) is 64.3 Å². The van der Waals surface area contributed by atoms with E-state index in [0.717, 1.165) is 5.69 Å². The first-order valence-corrected chi connectivity index (χ1v) is 5.98. The van der Waals surface area contributed by atoms with Gasteiger partial charge in [0, 0.05) is 11.9 Å². The SMILES string of the molecule is COc1ccc(C(=O)O)cc1-n1cncc1C(C)C. The first-order chi connectivity index (χ1) is 9.04. The van der Waals surface area contributed by atoms with Gasteiger partial charge in [0.15, 0.2) is 0 Å². The molecular formula is C14H16N2O3. The molecule has 1 aromatic heterocycles. The van der Waals surface area contributed by atoms with Gasteiger partial charge in [0.05, 0.1) is 24.7 Å². The van der Waals surface area contributed by atoms with Gasteiger partial charge in [-0.15, -0.1) is 0 Å². The van der Waals surface area contributed by atoms with E-state index in [1.807, 2.05) is 4.57 Å². The van der Waals surface area contributed by atoms with Crippen LogP contribution in [0.25, 0.3) is 5.69 Å². The van der Waals surface area contributed by atoms with E-state index >= 15 is 0 Å². The van der Waals surface area contributed by atoms with Crippen molar-refractivity contribution in [1.82, 2.24) is 9.55 Å². The Morgan fingerprint density at radius 2 is 2.16 bits per heavy atom. The molecule has 2 rings (SSSR count). The van der Waals surface area contributed by atoms with E-state index in [1.165, 1.54) is 6.07 Å². The summed E-state index contributed by atoms with van der Waals surface area (Å²) in [6.45, 7) is 4.11. The highest BCUT2D eigenvalue weighted by Crippen LogP contribution is 2.27. The van der Waals surface area contributed by atoms with E-state index in [9.17, 15) is 4.79 Å². The van der Waals surface area contributed by atoms with Crippen molar-refractivity contribution < 1.29 is 14.6 Å². The maximum absolute atomic E-state index is 11.1. The van der Waals surface area contributed by atoms with Gasteiger partial charge in [-0.25, -0.2) is 9.78 Å². The van der Waals surface area contributed by atoms with Crippen LogP contribution in [0.4, 0.5) is 0 Å². The molecular weight excluding hydrogens is 244 g/mol. The summed E-state index contributed by atoms with van der Waals surface area (Å²) < 4.78 is 7.15. The van der Waals surface area contributed by atoms with Crippen LogP contribution in [0.15, 0.2) is 30.7 Å². The number of aromatic nitrogens is 2. The van der Waals surface area contributed by atoms with Crippen molar-refractivity contribution in [3.63, 3.8) is 0 Å². The Labute approximate surface area is 111 Å². The van der Waals surface area contributed by atoms with Crippen LogP contribution in [0, 0.1) is 0 Å². The predicted octanol–water partition coefficient (Wildman–Crippen LogP) is 2.70. The van der Waals surface area contributed by atoms with Crippen molar-refractivity contribution in [3.8, 4) is 11.4 Å². The molecule has 1 heterocycles. The molecule has 0 atom stereocenters. The molecule has 0 aliphatic rings. The highest BCUT2D eigenvalue weighted by molar-refractivity contribution is 5.88. The average molecular weight is 260 g/mol. The largest absolute Gasteiger partial charge is 0.495 e. The zero-order chi connectivity index (χ0) is 14.0. The molecule has 0 amide bonds. The number of nitrogens with zero attached hydrogens (tertiary/aromatic N) is 2. The molecule has 0 fully saturated rings. The zero-order valence-corrected chi connectivity index (χ0v) is 11.1. The second-order valence-electron chi connectivity index (χ2n) is 4.53. The van der Waals surface area contributed by atoms with E-state index < -0.39 is 5.97 Å². The Hall–Kier alpha value is -2.30. The number of methoxy groups -OCH3 is 1. The summed E-state index contributed by atoms with van der Waals surface area (Å²) in [4.78, 5) is 15.2. The Bertz CT molecular complexity index is 602. The number of aromatic carboxylic acids is 1. The number of carboxylic acids is 1. The van der Waals surface area contributed by atoms with Crippen molar-refractivity contribution in [3.05, 3.63) is 42.0 Å². The van der Waals surface area contributed by atoms with E-state index in [4.69, 9.17) is 9.84 Å². The summed E-state index contributed by atoms with van der Waals surface area (Å²) in [5, 5.41) is 9.08. The Morgan fingerprint density at radius 3 is 2.74 bits per heavy atom. The number of rotatable bonds is 4. The maximum Gasteiger partial charge on any atom is 0.335 e. The molecule has 0 saturated carbocycles. The fraction of sp³-hybridized carbons (Fsp3) is 0.286. The molecule has 0 unspecified atom stereocenters. The molecule has 19 heavy (non-hydrogen) atoms. The number of imidazole rings is 1. The monoisotopic (exact) mass is 260 g/mol. The third-order valence-electron chi connectivity index (χ3n) is 2.94. The van der Waals surface area contributed by atoms with E-state index in [0.29, 0.717) is 11.4 Å². The molecule has 0 radical (unpaired) electrons. The molecule has 0 spiro atoms. The summed E-state index contributed by atoms with van der Waals surface area (Å²) in [6, 6.07) is 4.77. The molecule has 0 bridgehead atoms. The first-order valence-electron chi connectivity index (χ1n) is 5.98. The molecule has 100 valence electrons. The number of ether oxygens (including phenoxy) is 1. The number of hydrogen-bond donors (Lipinski definition) is 1. The quantitative estimate of drug-likeness (QED) is 0.918. The van der Waals surface area contributed by atoms with Gasteiger partial charge in [0.25, 0.3) is 0 Å². The third kappa shape index (κ3) is 2.45. The van der Waals surface area contributed by atoms with Gasteiger partial charge in [-0.3, -0.25) is 4.57 Å². The molecule has 0 aliphatic heterocycles. The second kappa shape index (κ2) is 5.14. The highest BCUT2D eigenvalue weighted by atomic mass is 16.5. The lowest BCUT2D eigenvalue weighted by atomic mass is 10.1. The van der Waals surface area contributed by atoms with Gasteiger partial charge in [0.2, 0.25) is 0 Å². The minimum atomic E-state index is -0.963. The van der Waals surface area contributed by atoms with Gasteiger partial charge in [-0.2, -0.15) is 0 Å². The summed E-state index contributed by atoms with van der Waals surface area (Å²) in [5.41, 5.74) is 1.91. The smallest absolute Gasteiger partial charge is 0.335 e.